The molecule has 1 atom stereocenters. The lowest BCUT2D eigenvalue weighted by molar-refractivity contribution is 0.330. The van der Waals surface area contributed by atoms with Crippen LogP contribution >= 0.6 is 15.9 Å². The molecule has 0 aliphatic heterocycles. The number of rotatable bonds is 6. The van der Waals surface area contributed by atoms with Gasteiger partial charge in [-0.15, -0.1) is 0 Å². The Morgan fingerprint density at radius 1 is 1.32 bits per heavy atom. The summed E-state index contributed by atoms with van der Waals surface area (Å²) < 4.78 is 39.4. The number of benzene rings is 1. The number of sulfonamides is 1. The second-order valence-corrected chi connectivity index (χ2v) is 7.41. The van der Waals surface area contributed by atoms with E-state index in [4.69, 9.17) is 9.15 Å². The number of aryl methyl sites for hydroxylation is 1. The molecule has 120 valence electrons. The summed E-state index contributed by atoms with van der Waals surface area (Å²) in [6.07, 6.45) is 0. The molecule has 0 amide bonds. The van der Waals surface area contributed by atoms with Gasteiger partial charge in [-0.25, -0.2) is 13.1 Å². The predicted molar refractivity (Wildman–Crippen MR) is 87.5 cm³/mol. The van der Waals surface area contributed by atoms with Gasteiger partial charge in [0.05, 0.1) is 12.6 Å². The summed E-state index contributed by atoms with van der Waals surface area (Å²) in [6.45, 7) is 5.73. The van der Waals surface area contributed by atoms with Crippen LogP contribution in [-0.4, -0.2) is 15.0 Å². The molecule has 2 rings (SSSR count). The minimum absolute atomic E-state index is 0.0962. The number of hydrogen-bond donors (Lipinski definition) is 1. The fourth-order valence-electron chi connectivity index (χ4n) is 2.01. The highest BCUT2D eigenvalue weighted by molar-refractivity contribution is 9.10. The Hall–Kier alpha value is -1.31. The molecule has 0 fully saturated rings. The van der Waals surface area contributed by atoms with E-state index in [1.807, 2.05) is 6.92 Å². The molecule has 2 aromatic rings. The zero-order chi connectivity index (χ0) is 16.3. The van der Waals surface area contributed by atoms with E-state index in [1.165, 1.54) is 6.07 Å². The minimum Gasteiger partial charge on any atom is -0.492 e. The molecule has 22 heavy (non-hydrogen) atoms. The van der Waals surface area contributed by atoms with Crippen LogP contribution in [0.5, 0.6) is 5.75 Å². The van der Waals surface area contributed by atoms with Crippen LogP contribution in [0.2, 0.25) is 0 Å². The average Bonchev–Trinajstić information content (AvgIpc) is 2.87. The zero-order valence-electron chi connectivity index (χ0n) is 12.6. The molecular formula is C15H18BrNO4S. The van der Waals surface area contributed by atoms with Gasteiger partial charge in [0.25, 0.3) is 0 Å². The lowest BCUT2D eigenvalue weighted by atomic mass is 10.3. The predicted octanol–water partition coefficient (Wildman–Crippen LogP) is 3.79. The topological polar surface area (TPSA) is 68.5 Å². The van der Waals surface area contributed by atoms with Gasteiger partial charge in [0.1, 0.15) is 22.2 Å². The molecule has 5 nitrogen and oxygen atoms in total. The first kappa shape index (κ1) is 17.1. The third kappa shape index (κ3) is 3.91. The van der Waals surface area contributed by atoms with Crippen LogP contribution in [0.15, 0.2) is 44.1 Å². The van der Waals surface area contributed by atoms with Crippen molar-refractivity contribution in [2.45, 2.75) is 31.7 Å². The molecular weight excluding hydrogens is 370 g/mol. The maximum atomic E-state index is 12.6. The molecule has 0 unspecified atom stereocenters. The first-order valence-corrected chi connectivity index (χ1v) is 9.12. The normalized spacial score (nSPS) is 13.1. The molecule has 0 saturated heterocycles. The first-order valence-electron chi connectivity index (χ1n) is 6.84. The second kappa shape index (κ2) is 6.85. The Balaban J connectivity index is 2.32. The van der Waals surface area contributed by atoms with Crippen molar-refractivity contribution in [3.8, 4) is 5.75 Å². The fraction of sp³-hybridized carbons (Fsp3) is 0.333. The van der Waals surface area contributed by atoms with Crippen LogP contribution in [0.25, 0.3) is 0 Å². The van der Waals surface area contributed by atoms with Crippen molar-refractivity contribution in [1.29, 1.82) is 0 Å². The van der Waals surface area contributed by atoms with E-state index in [1.54, 1.807) is 38.1 Å². The smallest absolute Gasteiger partial charge is 0.244 e. The molecule has 0 aliphatic carbocycles. The lowest BCUT2D eigenvalue weighted by Gasteiger charge is -2.15. The fourth-order valence-corrected chi connectivity index (χ4v) is 3.90. The van der Waals surface area contributed by atoms with Gasteiger partial charge in [-0.2, -0.15) is 0 Å². The van der Waals surface area contributed by atoms with Crippen molar-refractivity contribution in [3.63, 3.8) is 0 Å². The van der Waals surface area contributed by atoms with Crippen LogP contribution < -0.4 is 9.46 Å². The summed E-state index contributed by atoms with van der Waals surface area (Å²) in [5, 5.41) is 0. The van der Waals surface area contributed by atoms with Gasteiger partial charge in [0, 0.05) is 4.47 Å². The highest BCUT2D eigenvalue weighted by Crippen LogP contribution is 2.29. The summed E-state index contributed by atoms with van der Waals surface area (Å²) in [5.41, 5.74) is 0. The number of ether oxygens (including phenoxy) is 1. The number of hydrogen-bond acceptors (Lipinski definition) is 4. The van der Waals surface area contributed by atoms with Crippen molar-refractivity contribution in [2.24, 2.45) is 0 Å². The van der Waals surface area contributed by atoms with Crippen LogP contribution in [0.1, 0.15) is 31.4 Å². The van der Waals surface area contributed by atoms with Crippen molar-refractivity contribution in [2.75, 3.05) is 6.61 Å². The summed E-state index contributed by atoms with van der Waals surface area (Å²) in [6, 6.07) is 7.96. The van der Waals surface area contributed by atoms with E-state index in [0.29, 0.717) is 22.6 Å². The third-order valence-electron chi connectivity index (χ3n) is 3.01. The molecule has 0 aliphatic rings. The van der Waals surface area contributed by atoms with Crippen LogP contribution in [0, 0.1) is 6.92 Å². The van der Waals surface area contributed by atoms with Gasteiger partial charge in [0.15, 0.2) is 0 Å². The van der Waals surface area contributed by atoms with E-state index in [0.717, 1.165) is 5.76 Å². The molecule has 0 saturated carbocycles. The second-order valence-electron chi connectivity index (χ2n) is 4.82. The van der Waals surface area contributed by atoms with E-state index >= 15 is 0 Å². The van der Waals surface area contributed by atoms with Gasteiger partial charge in [-0.05, 0) is 51.1 Å². The number of halogens is 1. The van der Waals surface area contributed by atoms with Gasteiger partial charge in [-0.1, -0.05) is 15.9 Å². The van der Waals surface area contributed by atoms with Gasteiger partial charge < -0.3 is 9.15 Å². The molecule has 1 aromatic heterocycles. The Morgan fingerprint density at radius 3 is 2.64 bits per heavy atom. The maximum Gasteiger partial charge on any atom is 0.244 e. The van der Waals surface area contributed by atoms with Gasteiger partial charge in [-0.3, -0.25) is 0 Å². The highest BCUT2D eigenvalue weighted by atomic mass is 79.9. The van der Waals surface area contributed by atoms with Crippen molar-refractivity contribution in [3.05, 3.63) is 46.3 Å². The monoisotopic (exact) mass is 387 g/mol. The molecule has 0 bridgehead atoms. The summed E-state index contributed by atoms with van der Waals surface area (Å²) >= 11 is 3.29. The van der Waals surface area contributed by atoms with Crippen LogP contribution in [-0.2, 0) is 10.0 Å². The first-order chi connectivity index (χ1) is 10.3. The average molecular weight is 388 g/mol. The molecule has 0 spiro atoms. The maximum absolute atomic E-state index is 12.6. The number of furan rings is 1. The van der Waals surface area contributed by atoms with E-state index in [2.05, 4.69) is 20.7 Å². The van der Waals surface area contributed by atoms with Crippen LogP contribution in [0.4, 0.5) is 0 Å². The summed E-state index contributed by atoms with van der Waals surface area (Å²) in [5.74, 6) is 1.62. The Kier molecular flexibility index (Phi) is 5.31. The van der Waals surface area contributed by atoms with E-state index in [9.17, 15) is 8.42 Å². The van der Waals surface area contributed by atoms with E-state index < -0.39 is 16.1 Å². The quantitative estimate of drug-likeness (QED) is 0.818. The summed E-state index contributed by atoms with van der Waals surface area (Å²) in [7, 11) is -3.74. The third-order valence-corrected chi connectivity index (χ3v) is 5.07. The molecule has 1 N–H and O–H groups in total. The zero-order valence-corrected chi connectivity index (χ0v) is 15.0. The summed E-state index contributed by atoms with van der Waals surface area (Å²) in [4.78, 5) is 0.0962. The van der Waals surface area contributed by atoms with Crippen LogP contribution in [0.3, 0.4) is 0 Å². The molecule has 1 aromatic carbocycles. The number of nitrogens with one attached hydrogen (secondary N) is 1. The lowest BCUT2D eigenvalue weighted by Crippen LogP contribution is -2.27. The van der Waals surface area contributed by atoms with Gasteiger partial charge in [0.2, 0.25) is 10.0 Å². The SMILES string of the molecule is CCOc1ccc(Br)cc1S(=O)(=O)N[C@@H](C)c1ccc(C)o1. The largest absolute Gasteiger partial charge is 0.492 e. The standard InChI is InChI=1S/C15H18BrNO4S/c1-4-20-14-8-6-12(16)9-15(14)22(18,19)17-11(3)13-7-5-10(2)21-13/h5-9,11,17H,4H2,1-3H3/t11-/m0/s1. The molecule has 1 heterocycles. The Labute approximate surface area is 138 Å². The van der Waals surface area contributed by atoms with Gasteiger partial charge >= 0.3 is 0 Å². The minimum atomic E-state index is -3.74. The highest BCUT2D eigenvalue weighted by Gasteiger charge is 2.24. The Morgan fingerprint density at radius 2 is 2.05 bits per heavy atom. The van der Waals surface area contributed by atoms with Crippen molar-refractivity contribution < 1.29 is 17.6 Å². The van der Waals surface area contributed by atoms with Crippen molar-refractivity contribution >= 4 is 26.0 Å². The molecule has 7 heteroatoms. The van der Waals surface area contributed by atoms with E-state index in [-0.39, 0.29) is 4.90 Å². The molecule has 0 radical (unpaired) electrons. The van der Waals surface area contributed by atoms with Crippen molar-refractivity contribution in [1.82, 2.24) is 4.72 Å². The Bertz CT molecular complexity index is 755.